The van der Waals surface area contributed by atoms with Crippen molar-refractivity contribution in [2.75, 3.05) is 0 Å². The Labute approximate surface area is 316 Å². The molecule has 0 aromatic heterocycles. The van der Waals surface area contributed by atoms with Gasteiger partial charge in [0.15, 0.2) is 69.8 Å². The van der Waals surface area contributed by atoms with Gasteiger partial charge in [0.1, 0.15) is 52.7 Å². The molecule has 59 heavy (non-hydrogen) atoms. The number of allylic oxidation sites excluding steroid dienone is 6. The fourth-order valence-electron chi connectivity index (χ4n) is 6.42. The van der Waals surface area contributed by atoms with Gasteiger partial charge in [0, 0.05) is 41.9 Å². The van der Waals surface area contributed by atoms with E-state index in [-0.39, 0.29) is 0 Å². The Bertz CT molecular complexity index is 2250. The average Bonchev–Trinajstić information content (AvgIpc) is 3.24. The van der Waals surface area contributed by atoms with Crippen LogP contribution in [0, 0.1) is 123 Å². The summed E-state index contributed by atoms with van der Waals surface area (Å²) in [6, 6.07) is 10.5. The molecule has 0 fully saturated rings. The molecule has 0 atom stereocenters. The third kappa shape index (κ3) is 6.78. The first-order valence-electron chi connectivity index (χ1n) is 15.8. The van der Waals surface area contributed by atoms with Crippen LogP contribution in [0.2, 0.25) is 0 Å². The maximum atomic E-state index is 15.4. The maximum absolute atomic E-state index is 15.4. The van der Waals surface area contributed by atoms with E-state index in [1.807, 2.05) is 12.1 Å². The van der Waals surface area contributed by atoms with Gasteiger partial charge in [-0.1, -0.05) is 18.2 Å². The molecule has 0 bridgehead atoms. The van der Waals surface area contributed by atoms with Gasteiger partial charge in [0.25, 0.3) is 0 Å². The predicted molar refractivity (Wildman–Crippen MR) is 171 cm³/mol. The van der Waals surface area contributed by atoms with Crippen molar-refractivity contribution in [2.24, 2.45) is 0 Å². The van der Waals surface area contributed by atoms with Gasteiger partial charge >= 0.3 is 0 Å². The highest BCUT2D eigenvalue weighted by atomic mass is 19.2. The fraction of sp³-hybridized carbons (Fsp3) is 0.0263. The van der Waals surface area contributed by atoms with Crippen LogP contribution in [0.3, 0.4) is 0 Å². The van der Waals surface area contributed by atoms with Crippen molar-refractivity contribution in [3.8, 4) is 0 Å². The molecule has 0 radical (unpaired) electrons. The largest absolute Gasteiger partial charge is 0.207 e. The number of benzene rings is 5. The van der Waals surface area contributed by atoms with Crippen LogP contribution < -0.4 is 21.9 Å². The lowest BCUT2D eigenvalue weighted by molar-refractivity contribution is 0.378. The van der Waals surface area contributed by atoms with Gasteiger partial charge in [-0.2, -0.15) is 0 Å². The van der Waals surface area contributed by atoms with E-state index in [2.05, 4.69) is 55.8 Å². The third-order valence-electron chi connectivity index (χ3n) is 9.12. The van der Waals surface area contributed by atoms with Gasteiger partial charge in [-0.25, -0.2) is 87.8 Å². The molecule has 21 heteroatoms. The van der Waals surface area contributed by atoms with Crippen molar-refractivity contribution in [3.05, 3.63) is 189 Å². The average molecular weight is 860 g/mol. The van der Waals surface area contributed by atoms with Crippen molar-refractivity contribution in [1.29, 1.82) is 0 Å². The van der Waals surface area contributed by atoms with Crippen molar-refractivity contribution in [3.63, 3.8) is 0 Å². The summed E-state index contributed by atoms with van der Waals surface area (Å²) in [6.45, 7) is 2.16. The molecular formula is C38H13BF20. The van der Waals surface area contributed by atoms with E-state index in [1.54, 1.807) is 0 Å². The molecule has 0 unspecified atom stereocenters. The van der Waals surface area contributed by atoms with Crippen LogP contribution in [0.25, 0.3) is 5.57 Å². The van der Waals surface area contributed by atoms with Gasteiger partial charge in [-0.15, -0.1) is 21.9 Å². The first kappa shape index (κ1) is 44.0. The highest BCUT2D eigenvalue weighted by molar-refractivity contribution is 7.20. The van der Waals surface area contributed by atoms with Gasteiger partial charge in [0.05, 0.1) is 5.57 Å². The van der Waals surface area contributed by atoms with Crippen molar-refractivity contribution in [2.45, 2.75) is 6.92 Å². The SMILES string of the molecule is C/C(=C1\C=CC=C[CH+]1)c1ccccc1.Fc1c(F)c(F)c([B-](c2c(F)c(F)c(F)c(F)c2F)(c2c(F)c(F)c(F)c(F)c2F)c2c(F)c(F)c(F)c(F)c2F)c(F)c1F. The number of hydrogen-bond acceptors (Lipinski definition) is 0. The Balaban J connectivity index is 0.000000395. The summed E-state index contributed by atoms with van der Waals surface area (Å²) in [4.78, 5) is 0. The Morgan fingerprint density at radius 3 is 0.847 bits per heavy atom. The van der Waals surface area contributed by atoms with E-state index < -0.39 is 144 Å². The highest BCUT2D eigenvalue weighted by Gasteiger charge is 2.52. The van der Waals surface area contributed by atoms with Crippen LogP contribution in [-0.4, -0.2) is 6.15 Å². The zero-order valence-corrected chi connectivity index (χ0v) is 28.4. The molecular weight excluding hydrogens is 847 g/mol. The second-order valence-corrected chi connectivity index (χ2v) is 12.2. The zero-order chi connectivity index (χ0) is 44.2. The second kappa shape index (κ2) is 16.2. The van der Waals surface area contributed by atoms with Crippen LogP contribution in [0.15, 0.2) is 60.2 Å². The standard InChI is InChI=1S/C24BF20.C14H13/c26-5-1(6(27)14(35)21(42)13(5)34)25(2-7(28)15(36)22(43)16(37)8(2)29,3-9(30)17(38)23(44)18(39)10(3)31)4-11(32)19(40)24(45)20(41)12(4)33;1-12(13-8-4-2-5-9-13)14-10-6-3-7-11-14/h;2-11H,1H3/q-1;+1. The lowest BCUT2D eigenvalue weighted by Gasteiger charge is -2.44. The summed E-state index contributed by atoms with van der Waals surface area (Å²) in [5, 5.41) is 0. The summed E-state index contributed by atoms with van der Waals surface area (Å²) in [6.07, 6.45) is 3.25. The summed E-state index contributed by atoms with van der Waals surface area (Å²) >= 11 is 0. The Kier molecular flexibility index (Phi) is 12.1. The first-order valence-corrected chi connectivity index (χ1v) is 15.8. The highest BCUT2D eigenvalue weighted by Crippen LogP contribution is 2.31. The van der Waals surface area contributed by atoms with Crippen LogP contribution in [0.1, 0.15) is 12.5 Å². The lowest BCUT2D eigenvalue weighted by Crippen LogP contribution is -2.81. The smallest absolute Gasteiger partial charge is 0.200 e. The first-order chi connectivity index (χ1) is 27.6. The van der Waals surface area contributed by atoms with Gasteiger partial charge in [-0.3, -0.25) is 0 Å². The van der Waals surface area contributed by atoms with E-state index in [0.717, 1.165) is 0 Å². The summed E-state index contributed by atoms with van der Waals surface area (Å²) < 4.78 is 294. The Morgan fingerprint density at radius 2 is 0.610 bits per heavy atom. The van der Waals surface area contributed by atoms with Crippen molar-refractivity contribution >= 4 is 33.6 Å². The van der Waals surface area contributed by atoms with E-state index in [1.165, 1.54) is 16.7 Å². The third-order valence-corrected chi connectivity index (χ3v) is 9.12. The van der Waals surface area contributed by atoms with E-state index >= 15 is 35.1 Å². The molecule has 308 valence electrons. The monoisotopic (exact) mass is 860 g/mol. The van der Waals surface area contributed by atoms with Crippen LogP contribution >= 0.6 is 0 Å². The van der Waals surface area contributed by atoms with Gasteiger partial charge in [-0.05, 0) is 19.1 Å². The second-order valence-electron chi connectivity index (χ2n) is 12.2. The molecule has 0 saturated heterocycles. The molecule has 1 aliphatic rings. The van der Waals surface area contributed by atoms with E-state index in [9.17, 15) is 52.7 Å². The topological polar surface area (TPSA) is 0 Å². The quantitative estimate of drug-likeness (QED) is 0.0544. The van der Waals surface area contributed by atoms with Gasteiger partial charge in [0.2, 0.25) is 0 Å². The number of hydrogen-bond donors (Lipinski definition) is 0. The minimum Gasteiger partial charge on any atom is -0.207 e. The van der Waals surface area contributed by atoms with Crippen molar-refractivity contribution < 1.29 is 87.8 Å². The predicted octanol–water partition coefficient (Wildman–Crippen LogP) is 9.64. The summed E-state index contributed by atoms with van der Waals surface area (Å²) in [5.74, 6) is -71.4. The minimum absolute atomic E-state index is 1.29. The Hall–Kier alpha value is -6.15. The molecule has 5 aromatic rings. The number of rotatable bonds is 5. The molecule has 5 aromatic carbocycles. The van der Waals surface area contributed by atoms with Crippen LogP contribution in [-0.2, 0) is 0 Å². The Morgan fingerprint density at radius 1 is 0.356 bits per heavy atom. The van der Waals surface area contributed by atoms with E-state index in [0.29, 0.717) is 0 Å². The normalized spacial score (nSPS) is 13.4. The van der Waals surface area contributed by atoms with Gasteiger partial charge < -0.3 is 0 Å². The van der Waals surface area contributed by atoms with E-state index in [4.69, 9.17) is 0 Å². The van der Waals surface area contributed by atoms with Crippen LogP contribution in [0.5, 0.6) is 0 Å². The molecule has 6 rings (SSSR count). The zero-order valence-electron chi connectivity index (χ0n) is 28.4. The molecule has 1 aliphatic carbocycles. The fourth-order valence-corrected chi connectivity index (χ4v) is 6.42. The van der Waals surface area contributed by atoms with Crippen molar-refractivity contribution in [1.82, 2.24) is 0 Å². The summed E-state index contributed by atoms with van der Waals surface area (Å²) in [7, 11) is 0. The molecule has 0 amide bonds. The molecule has 0 nitrogen and oxygen atoms in total. The lowest BCUT2D eigenvalue weighted by atomic mass is 9.12. The molecule has 0 N–H and O–H groups in total. The summed E-state index contributed by atoms with van der Waals surface area (Å²) in [5.41, 5.74) is -10.4. The molecule has 0 aliphatic heterocycles. The maximum Gasteiger partial charge on any atom is 0.200 e. The number of halogens is 20. The molecule has 0 spiro atoms. The molecule has 0 saturated carbocycles. The minimum atomic E-state index is -7.22. The van der Waals surface area contributed by atoms with Crippen LogP contribution in [0.4, 0.5) is 87.8 Å². The molecule has 0 heterocycles.